The third-order valence-corrected chi connectivity index (χ3v) is 3.59. The van der Waals surface area contributed by atoms with Crippen molar-refractivity contribution in [3.8, 4) is 0 Å². The van der Waals surface area contributed by atoms with Crippen LogP contribution < -0.4 is 0 Å². The zero-order chi connectivity index (χ0) is 16.5. The fourth-order valence-electron chi connectivity index (χ4n) is 1.43. The molecule has 0 fully saturated rings. The summed E-state index contributed by atoms with van der Waals surface area (Å²) in [6, 6.07) is 11.0. The highest BCUT2D eigenvalue weighted by atomic mass is 79.9. The predicted octanol–water partition coefficient (Wildman–Crippen LogP) is 4.81. The number of carbonyl (C=O) groups excluding carboxylic acids is 2. The van der Waals surface area contributed by atoms with Crippen LogP contribution in [-0.2, 0) is 0 Å². The first-order valence-electron chi connectivity index (χ1n) is 6.17. The van der Waals surface area contributed by atoms with Crippen LogP contribution in [0, 0.1) is 11.6 Å². The summed E-state index contributed by atoms with van der Waals surface area (Å²) in [6.07, 6.45) is 0. The maximum absolute atomic E-state index is 12.3. The second-order valence-electron chi connectivity index (χ2n) is 4.13. The molecule has 0 aliphatic heterocycles. The third kappa shape index (κ3) is 6.15. The monoisotopic (exact) mass is 432 g/mol. The zero-order valence-corrected chi connectivity index (χ0v) is 14.5. The van der Waals surface area contributed by atoms with Crippen molar-refractivity contribution in [3.63, 3.8) is 0 Å². The molecule has 2 aromatic rings. The van der Waals surface area contributed by atoms with Crippen LogP contribution in [0.15, 0.2) is 48.5 Å². The number of carbonyl (C=O) groups is 2. The topological polar surface area (TPSA) is 34.1 Å². The largest absolute Gasteiger partial charge is 0.293 e. The molecule has 0 aliphatic rings. The SMILES string of the molecule is O=C(CBr)c1ccc(F)cc1.O=C(CBr)c1ccc(F)cc1. The molecule has 0 N–H and O–H groups in total. The highest BCUT2D eigenvalue weighted by Gasteiger charge is 2.02. The first kappa shape index (κ1) is 18.6. The van der Waals surface area contributed by atoms with Gasteiger partial charge in [-0.05, 0) is 48.5 Å². The summed E-state index contributed by atoms with van der Waals surface area (Å²) in [4.78, 5) is 21.9. The number of hydrogen-bond acceptors (Lipinski definition) is 2. The Bertz CT molecular complexity index is 568. The average Bonchev–Trinajstić information content (AvgIpc) is 2.55. The van der Waals surface area contributed by atoms with Crippen molar-refractivity contribution < 1.29 is 18.4 Å². The molecule has 0 aliphatic carbocycles. The Kier molecular flexibility index (Phi) is 8.12. The van der Waals surface area contributed by atoms with Crippen molar-refractivity contribution in [3.05, 3.63) is 71.3 Å². The van der Waals surface area contributed by atoms with E-state index in [1.165, 1.54) is 48.5 Å². The zero-order valence-electron chi connectivity index (χ0n) is 11.4. The summed E-state index contributed by atoms with van der Waals surface area (Å²) >= 11 is 6.05. The van der Waals surface area contributed by atoms with Gasteiger partial charge >= 0.3 is 0 Å². The lowest BCUT2D eigenvalue weighted by Gasteiger charge is -1.94. The summed E-state index contributed by atoms with van der Waals surface area (Å²) in [5, 5.41) is 0.553. The molecule has 0 amide bonds. The Morgan fingerprint density at radius 3 is 1.18 bits per heavy atom. The normalized spacial score (nSPS) is 9.64. The lowest BCUT2D eigenvalue weighted by Crippen LogP contribution is -1.98. The summed E-state index contributed by atoms with van der Waals surface area (Å²) in [5.74, 6) is -0.720. The minimum atomic E-state index is -0.323. The van der Waals surface area contributed by atoms with Gasteiger partial charge in [-0.2, -0.15) is 0 Å². The predicted molar refractivity (Wildman–Crippen MR) is 89.0 cm³/mol. The molecule has 0 heterocycles. The van der Waals surface area contributed by atoms with Gasteiger partial charge in [0.2, 0.25) is 0 Å². The Balaban J connectivity index is 0.000000220. The molecule has 2 rings (SSSR count). The first-order valence-corrected chi connectivity index (χ1v) is 8.41. The van der Waals surface area contributed by atoms with E-state index in [0.29, 0.717) is 11.1 Å². The van der Waals surface area contributed by atoms with Gasteiger partial charge in [0.1, 0.15) is 11.6 Å². The molecule has 22 heavy (non-hydrogen) atoms. The second kappa shape index (κ2) is 9.58. The van der Waals surface area contributed by atoms with Gasteiger partial charge in [-0.15, -0.1) is 0 Å². The number of halogens is 4. The van der Waals surface area contributed by atoms with Crippen molar-refractivity contribution in [2.24, 2.45) is 0 Å². The van der Waals surface area contributed by atoms with Crippen LogP contribution in [0.25, 0.3) is 0 Å². The molecule has 0 saturated carbocycles. The fraction of sp³-hybridized carbons (Fsp3) is 0.125. The average molecular weight is 434 g/mol. The molecule has 116 valence electrons. The molecule has 0 radical (unpaired) electrons. The first-order chi connectivity index (χ1) is 10.5. The highest BCUT2D eigenvalue weighted by molar-refractivity contribution is 9.09. The van der Waals surface area contributed by atoms with E-state index in [-0.39, 0.29) is 33.9 Å². The van der Waals surface area contributed by atoms with Crippen LogP contribution in [0.1, 0.15) is 20.7 Å². The van der Waals surface area contributed by atoms with Gasteiger partial charge in [0, 0.05) is 11.1 Å². The Hall–Kier alpha value is -1.40. The molecular formula is C16H12Br2F2O2. The van der Waals surface area contributed by atoms with Crippen molar-refractivity contribution in [1.29, 1.82) is 0 Å². The van der Waals surface area contributed by atoms with Crippen molar-refractivity contribution in [1.82, 2.24) is 0 Å². The molecule has 2 aromatic carbocycles. The van der Waals surface area contributed by atoms with Crippen LogP contribution in [-0.4, -0.2) is 22.2 Å². The number of hydrogen-bond donors (Lipinski definition) is 0. The van der Waals surface area contributed by atoms with Crippen LogP contribution >= 0.6 is 31.9 Å². The summed E-state index contributed by atoms with van der Waals surface area (Å²) < 4.78 is 24.7. The minimum absolute atomic E-state index is 0.0370. The molecule has 0 saturated heterocycles. The van der Waals surface area contributed by atoms with Crippen LogP contribution in [0.3, 0.4) is 0 Å². The van der Waals surface area contributed by atoms with Gasteiger partial charge in [0.25, 0.3) is 0 Å². The van der Waals surface area contributed by atoms with E-state index < -0.39 is 0 Å². The molecular weight excluding hydrogens is 422 g/mol. The van der Waals surface area contributed by atoms with E-state index >= 15 is 0 Å². The van der Waals surface area contributed by atoms with Crippen molar-refractivity contribution >= 4 is 43.4 Å². The molecule has 2 nitrogen and oxygen atoms in total. The third-order valence-electron chi connectivity index (χ3n) is 2.58. The van der Waals surface area contributed by atoms with E-state index in [0.717, 1.165) is 0 Å². The van der Waals surface area contributed by atoms with Gasteiger partial charge in [0.05, 0.1) is 10.7 Å². The Labute approximate surface area is 143 Å². The number of Topliss-reactive ketones (excluding diaryl/α,β-unsaturated/α-hetero) is 2. The molecule has 6 heteroatoms. The van der Waals surface area contributed by atoms with Crippen molar-refractivity contribution in [2.75, 3.05) is 10.7 Å². The Morgan fingerprint density at radius 2 is 0.955 bits per heavy atom. The maximum Gasteiger partial charge on any atom is 0.173 e. The van der Waals surface area contributed by atoms with Gasteiger partial charge in [-0.25, -0.2) is 8.78 Å². The number of benzene rings is 2. The number of alkyl halides is 2. The number of rotatable bonds is 4. The van der Waals surface area contributed by atoms with Crippen LogP contribution in [0.5, 0.6) is 0 Å². The van der Waals surface area contributed by atoms with Gasteiger partial charge in [0.15, 0.2) is 11.6 Å². The van der Waals surface area contributed by atoms with E-state index in [1.54, 1.807) is 0 Å². The second-order valence-corrected chi connectivity index (χ2v) is 5.25. The van der Waals surface area contributed by atoms with Crippen LogP contribution in [0.2, 0.25) is 0 Å². The summed E-state index contributed by atoms with van der Waals surface area (Å²) in [6.45, 7) is 0. The molecule has 0 unspecified atom stereocenters. The van der Waals surface area contributed by atoms with E-state index in [4.69, 9.17) is 0 Å². The van der Waals surface area contributed by atoms with E-state index in [9.17, 15) is 18.4 Å². The van der Waals surface area contributed by atoms with E-state index in [1.807, 2.05) is 0 Å². The van der Waals surface area contributed by atoms with Gasteiger partial charge in [-0.1, -0.05) is 31.9 Å². The lowest BCUT2D eigenvalue weighted by atomic mass is 10.1. The van der Waals surface area contributed by atoms with Gasteiger partial charge < -0.3 is 0 Å². The smallest absolute Gasteiger partial charge is 0.173 e. The quantitative estimate of drug-likeness (QED) is 0.512. The fourth-order valence-corrected chi connectivity index (χ4v) is 2.07. The standard InChI is InChI=1S/2C8H6BrFO/c2*9-5-8(11)6-1-3-7(10)4-2-6/h2*1-4H,5H2. The Morgan fingerprint density at radius 1 is 0.682 bits per heavy atom. The molecule has 0 aromatic heterocycles. The molecule has 0 atom stereocenters. The van der Waals surface area contributed by atoms with Gasteiger partial charge in [-0.3, -0.25) is 9.59 Å². The number of ketones is 2. The molecule has 0 spiro atoms. The molecule has 0 bridgehead atoms. The maximum atomic E-state index is 12.3. The van der Waals surface area contributed by atoms with Crippen LogP contribution in [0.4, 0.5) is 8.78 Å². The van der Waals surface area contributed by atoms with E-state index in [2.05, 4.69) is 31.9 Å². The minimum Gasteiger partial charge on any atom is -0.293 e. The lowest BCUT2D eigenvalue weighted by molar-refractivity contribution is 0.101. The summed E-state index contributed by atoms with van der Waals surface area (Å²) in [7, 11) is 0. The van der Waals surface area contributed by atoms with Crippen molar-refractivity contribution in [2.45, 2.75) is 0 Å². The highest BCUT2D eigenvalue weighted by Crippen LogP contribution is 2.05. The summed E-state index contributed by atoms with van der Waals surface area (Å²) in [5.41, 5.74) is 1.06.